The Morgan fingerprint density at radius 2 is 2.29 bits per heavy atom. The summed E-state index contributed by atoms with van der Waals surface area (Å²) < 4.78 is 4.68. The first-order valence-corrected chi connectivity index (χ1v) is 4.38. The van der Waals surface area contributed by atoms with Gasteiger partial charge in [0.25, 0.3) is 0 Å². The summed E-state index contributed by atoms with van der Waals surface area (Å²) in [5, 5.41) is 18.0. The van der Waals surface area contributed by atoms with Crippen molar-refractivity contribution in [3.63, 3.8) is 0 Å². The molecule has 2 N–H and O–H groups in total. The van der Waals surface area contributed by atoms with Crippen molar-refractivity contribution < 1.29 is 24.5 Å². The van der Waals surface area contributed by atoms with Gasteiger partial charge in [0.15, 0.2) is 6.04 Å². The molecule has 6 heteroatoms. The van der Waals surface area contributed by atoms with Crippen LogP contribution < -0.4 is 0 Å². The van der Waals surface area contributed by atoms with E-state index < -0.39 is 24.2 Å². The molecule has 0 aromatic carbocycles. The van der Waals surface area contributed by atoms with E-state index in [1.807, 2.05) is 0 Å². The van der Waals surface area contributed by atoms with E-state index in [9.17, 15) is 14.7 Å². The minimum Gasteiger partial charge on any atom is -0.480 e. The normalized spacial score (nSPS) is 21.3. The highest BCUT2D eigenvalue weighted by Gasteiger charge is 2.35. The minimum atomic E-state index is -1.22. The SMILES string of the molecule is CC(O)C(C(=O)O)N1CCCOC1=O. The first-order chi connectivity index (χ1) is 6.54. The largest absolute Gasteiger partial charge is 0.480 e. The summed E-state index contributed by atoms with van der Waals surface area (Å²) in [5.74, 6) is -1.22. The molecule has 80 valence electrons. The van der Waals surface area contributed by atoms with Gasteiger partial charge >= 0.3 is 12.1 Å². The molecule has 2 unspecified atom stereocenters. The lowest BCUT2D eigenvalue weighted by molar-refractivity contribution is -0.147. The van der Waals surface area contributed by atoms with E-state index in [2.05, 4.69) is 4.74 Å². The lowest BCUT2D eigenvalue weighted by atomic mass is 10.1. The second-order valence-corrected chi connectivity index (χ2v) is 3.18. The van der Waals surface area contributed by atoms with Crippen LogP contribution in [0.2, 0.25) is 0 Å². The van der Waals surface area contributed by atoms with E-state index in [4.69, 9.17) is 5.11 Å². The zero-order valence-electron chi connectivity index (χ0n) is 7.84. The molecule has 1 amide bonds. The molecule has 0 bridgehead atoms. The summed E-state index contributed by atoms with van der Waals surface area (Å²) in [6, 6.07) is -1.22. The number of nitrogens with zero attached hydrogens (tertiary/aromatic N) is 1. The maximum atomic E-state index is 11.2. The Kier molecular flexibility index (Phi) is 3.29. The Bertz CT molecular complexity index is 240. The van der Waals surface area contributed by atoms with Crippen LogP contribution in [0.3, 0.4) is 0 Å². The number of aliphatic hydroxyl groups excluding tert-OH is 1. The molecule has 14 heavy (non-hydrogen) atoms. The molecule has 0 saturated carbocycles. The van der Waals surface area contributed by atoms with Gasteiger partial charge < -0.3 is 14.9 Å². The second kappa shape index (κ2) is 4.28. The van der Waals surface area contributed by atoms with Gasteiger partial charge in [-0.15, -0.1) is 0 Å². The molecule has 6 nitrogen and oxygen atoms in total. The van der Waals surface area contributed by atoms with Crippen LogP contribution in [0, 0.1) is 0 Å². The molecular formula is C8H13NO5. The fourth-order valence-electron chi connectivity index (χ4n) is 1.42. The number of carbonyl (C=O) groups is 2. The Balaban J connectivity index is 2.75. The van der Waals surface area contributed by atoms with Gasteiger partial charge in [-0.3, -0.25) is 4.90 Å². The van der Waals surface area contributed by atoms with E-state index >= 15 is 0 Å². The number of hydrogen-bond acceptors (Lipinski definition) is 4. The van der Waals surface area contributed by atoms with Gasteiger partial charge in [-0.2, -0.15) is 0 Å². The number of carboxylic acids is 1. The molecule has 1 rings (SSSR count). The second-order valence-electron chi connectivity index (χ2n) is 3.18. The van der Waals surface area contributed by atoms with Gasteiger partial charge in [-0.1, -0.05) is 0 Å². The Morgan fingerprint density at radius 3 is 2.71 bits per heavy atom. The number of aliphatic carboxylic acids is 1. The quantitative estimate of drug-likeness (QED) is 0.655. The first-order valence-electron chi connectivity index (χ1n) is 4.38. The van der Waals surface area contributed by atoms with Crippen LogP contribution in [0.4, 0.5) is 4.79 Å². The number of carbonyl (C=O) groups excluding carboxylic acids is 1. The number of hydrogen-bond donors (Lipinski definition) is 2. The number of amides is 1. The van der Waals surface area contributed by atoms with Crippen molar-refractivity contribution in [2.75, 3.05) is 13.2 Å². The zero-order valence-corrected chi connectivity index (χ0v) is 7.84. The molecule has 1 aliphatic rings. The van der Waals surface area contributed by atoms with Gasteiger partial charge in [-0.25, -0.2) is 9.59 Å². The van der Waals surface area contributed by atoms with E-state index in [0.29, 0.717) is 19.6 Å². The summed E-state index contributed by atoms with van der Waals surface area (Å²) in [7, 11) is 0. The highest BCUT2D eigenvalue weighted by atomic mass is 16.6. The van der Waals surface area contributed by atoms with Crippen LogP contribution in [-0.4, -0.2) is 52.5 Å². The average Bonchev–Trinajstić information content (AvgIpc) is 2.07. The van der Waals surface area contributed by atoms with Gasteiger partial charge in [-0.05, 0) is 13.3 Å². The summed E-state index contributed by atoms with van der Waals surface area (Å²) in [5.41, 5.74) is 0. The molecule has 2 atom stereocenters. The topological polar surface area (TPSA) is 87.1 Å². The molecule has 0 spiro atoms. The van der Waals surface area contributed by atoms with Crippen LogP contribution in [0.25, 0.3) is 0 Å². The first kappa shape index (κ1) is 10.8. The summed E-state index contributed by atoms with van der Waals surface area (Å²) >= 11 is 0. The third-order valence-corrected chi connectivity index (χ3v) is 2.05. The lowest BCUT2D eigenvalue weighted by Crippen LogP contribution is -2.53. The lowest BCUT2D eigenvalue weighted by Gasteiger charge is -2.32. The van der Waals surface area contributed by atoms with Crippen molar-refractivity contribution in [1.82, 2.24) is 4.90 Å². The highest BCUT2D eigenvalue weighted by molar-refractivity contribution is 5.80. The maximum Gasteiger partial charge on any atom is 0.410 e. The van der Waals surface area contributed by atoms with Crippen molar-refractivity contribution in [3.8, 4) is 0 Å². The van der Waals surface area contributed by atoms with Gasteiger partial charge in [0.1, 0.15) is 0 Å². The predicted molar refractivity (Wildman–Crippen MR) is 45.8 cm³/mol. The zero-order chi connectivity index (χ0) is 10.7. The molecule has 1 fully saturated rings. The molecule has 0 aromatic heterocycles. The number of cyclic esters (lactones) is 1. The monoisotopic (exact) mass is 203 g/mol. The molecule has 0 aliphatic carbocycles. The van der Waals surface area contributed by atoms with Crippen LogP contribution >= 0.6 is 0 Å². The van der Waals surface area contributed by atoms with Crippen LogP contribution in [0.15, 0.2) is 0 Å². The van der Waals surface area contributed by atoms with Crippen molar-refractivity contribution >= 4 is 12.1 Å². The molecule has 0 radical (unpaired) electrons. The van der Waals surface area contributed by atoms with Crippen molar-refractivity contribution in [3.05, 3.63) is 0 Å². The molecular weight excluding hydrogens is 190 g/mol. The predicted octanol–water partition coefficient (Wildman–Crippen LogP) is -0.337. The van der Waals surface area contributed by atoms with Crippen LogP contribution in [-0.2, 0) is 9.53 Å². The van der Waals surface area contributed by atoms with Crippen LogP contribution in [0.1, 0.15) is 13.3 Å². The maximum absolute atomic E-state index is 11.2. The minimum absolute atomic E-state index is 0.306. The van der Waals surface area contributed by atoms with E-state index in [0.717, 1.165) is 4.90 Å². The van der Waals surface area contributed by atoms with Gasteiger partial charge in [0, 0.05) is 6.54 Å². The average molecular weight is 203 g/mol. The van der Waals surface area contributed by atoms with Crippen molar-refractivity contribution in [2.24, 2.45) is 0 Å². The van der Waals surface area contributed by atoms with Crippen molar-refractivity contribution in [1.29, 1.82) is 0 Å². The molecule has 1 aliphatic heterocycles. The third kappa shape index (κ3) is 2.14. The fraction of sp³-hybridized carbons (Fsp3) is 0.750. The third-order valence-electron chi connectivity index (χ3n) is 2.05. The Hall–Kier alpha value is -1.30. The highest BCUT2D eigenvalue weighted by Crippen LogP contribution is 2.12. The number of rotatable bonds is 3. The Labute approximate surface area is 81.1 Å². The van der Waals surface area contributed by atoms with E-state index in [-0.39, 0.29) is 0 Å². The van der Waals surface area contributed by atoms with Gasteiger partial charge in [0.2, 0.25) is 0 Å². The Morgan fingerprint density at radius 1 is 1.64 bits per heavy atom. The molecule has 0 aromatic rings. The van der Waals surface area contributed by atoms with E-state index in [1.165, 1.54) is 6.92 Å². The standard InChI is InChI=1S/C8H13NO5/c1-5(10)6(7(11)12)9-3-2-4-14-8(9)13/h5-6,10H,2-4H2,1H3,(H,11,12). The van der Waals surface area contributed by atoms with Gasteiger partial charge in [0.05, 0.1) is 12.7 Å². The van der Waals surface area contributed by atoms with Crippen LogP contribution in [0.5, 0.6) is 0 Å². The number of aliphatic hydroxyl groups is 1. The summed E-state index contributed by atoms with van der Waals surface area (Å²) in [4.78, 5) is 23.0. The molecule has 1 heterocycles. The summed E-state index contributed by atoms with van der Waals surface area (Å²) in [6.07, 6.45) is -1.20. The fourth-order valence-corrected chi connectivity index (χ4v) is 1.42. The summed E-state index contributed by atoms with van der Waals surface area (Å²) in [6.45, 7) is 1.95. The number of ether oxygens (including phenoxy) is 1. The molecule has 1 saturated heterocycles. The van der Waals surface area contributed by atoms with E-state index in [1.54, 1.807) is 0 Å². The number of carboxylic acid groups (broad SMARTS) is 1. The van der Waals surface area contributed by atoms with Crippen molar-refractivity contribution in [2.45, 2.75) is 25.5 Å². The smallest absolute Gasteiger partial charge is 0.410 e.